The van der Waals surface area contributed by atoms with Crippen molar-refractivity contribution < 1.29 is 5.11 Å². The van der Waals surface area contributed by atoms with Crippen LogP contribution in [-0.4, -0.2) is 54.3 Å². The lowest BCUT2D eigenvalue weighted by Crippen LogP contribution is -2.45. The van der Waals surface area contributed by atoms with E-state index in [0.29, 0.717) is 12.6 Å². The molecule has 6 heteroatoms. The van der Waals surface area contributed by atoms with Gasteiger partial charge in [0, 0.05) is 13.1 Å². The molecule has 0 radical (unpaired) electrons. The van der Waals surface area contributed by atoms with Crippen LogP contribution in [-0.2, 0) is 0 Å². The number of guanidine groups is 1. The second-order valence-electron chi connectivity index (χ2n) is 6.80. The summed E-state index contributed by atoms with van der Waals surface area (Å²) in [7, 11) is 0. The van der Waals surface area contributed by atoms with Gasteiger partial charge in [0.25, 0.3) is 0 Å². The molecule has 1 fully saturated rings. The Balaban J connectivity index is 0.00000338. The molecule has 0 bridgehead atoms. The van der Waals surface area contributed by atoms with Gasteiger partial charge in [-0.2, -0.15) is 0 Å². The summed E-state index contributed by atoms with van der Waals surface area (Å²) in [6.45, 7) is 10.5. The molecule has 0 saturated heterocycles. The van der Waals surface area contributed by atoms with Crippen LogP contribution >= 0.6 is 24.0 Å². The minimum atomic E-state index is -0.583. The first kappa shape index (κ1) is 23.2. The number of benzene rings is 1. The van der Waals surface area contributed by atoms with E-state index in [1.54, 1.807) is 0 Å². The van der Waals surface area contributed by atoms with Crippen molar-refractivity contribution >= 4 is 29.9 Å². The number of rotatable bonds is 9. The molecule has 1 aromatic carbocycles. The van der Waals surface area contributed by atoms with Crippen LogP contribution in [0, 0.1) is 0 Å². The number of nitrogens with one attached hydrogen (secondary N) is 2. The van der Waals surface area contributed by atoms with Gasteiger partial charge in [0.1, 0.15) is 0 Å². The zero-order valence-electron chi connectivity index (χ0n) is 16.4. The molecule has 0 aliphatic heterocycles. The highest BCUT2D eigenvalue weighted by Crippen LogP contribution is 2.31. The van der Waals surface area contributed by atoms with E-state index in [4.69, 9.17) is 0 Å². The molecular formula is C20H35IN4O. The smallest absolute Gasteiger partial charge is 0.191 e. The molecule has 0 amide bonds. The average molecular weight is 474 g/mol. The molecule has 2 rings (SSSR count). The molecule has 148 valence electrons. The lowest BCUT2D eigenvalue weighted by molar-refractivity contribution is -0.0236. The number of aliphatic hydroxyl groups is 1. The number of nitrogens with zero attached hydrogens (tertiary/aromatic N) is 2. The number of aliphatic imine (C=N–C) groups is 1. The highest BCUT2D eigenvalue weighted by atomic mass is 127. The van der Waals surface area contributed by atoms with Gasteiger partial charge in [0.2, 0.25) is 0 Å². The van der Waals surface area contributed by atoms with Gasteiger partial charge in [-0.3, -0.25) is 9.89 Å². The molecule has 0 spiro atoms. The Morgan fingerprint density at radius 1 is 1.15 bits per heavy atom. The van der Waals surface area contributed by atoms with E-state index in [0.717, 1.165) is 51.4 Å². The van der Waals surface area contributed by atoms with Crippen molar-refractivity contribution in [3.05, 3.63) is 35.9 Å². The Morgan fingerprint density at radius 3 is 2.31 bits per heavy atom. The van der Waals surface area contributed by atoms with Crippen LogP contribution < -0.4 is 10.6 Å². The second kappa shape index (κ2) is 11.8. The standard InChI is InChI=1S/C20H34N4O.HI/c1-4-21-19(23-16-20(25)13-10-14-20)22-15-18(24(5-2)6-3)17-11-8-7-9-12-17;/h7-9,11-12,18,25H,4-6,10,13-16H2,1-3H3,(H2,21,22,23);1H. The molecule has 1 unspecified atom stereocenters. The molecule has 0 heterocycles. The normalized spacial score (nSPS) is 17.2. The van der Waals surface area contributed by atoms with Gasteiger partial charge < -0.3 is 15.7 Å². The van der Waals surface area contributed by atoms with Gasteiger partial charge in [0.05, 0.1) is 18.2 Å². The molecule has 1 aliphatic rings. The van der Waals surface area contributed by atoms with E-state index in [2.05, 4.69) is 71.6 Å². The fraction of sp³-hybridized carbons (Fsp3) is 0.650. The zero-order chi connectivity index (χ0) is 18.1. The maximum atomic E-state index is 10.3. The Morgan fingerprint density at radius 2 is 1.81 bits per heavy atom. The first-order valence-corrected chi connectivity index (χ1v) is 9.65. The summed E-state index contributed by atoms with van der Waals surface area (Å²) in [5, 5.41) is 17.0. The van der Waals surface area contributed by atoms with E-state index in [1.165, 1.54) is 5.56 Å². The fourth-order valence-electron chi connectivity index (χ4n) is 3.30. The summed E-state index contributed by atoms with van der Waals surface area (Å²) in [5.74, 6) is 0.788. The van der Waals surface area contributed by atoms with Gasteiger partial charge in [-0.1, -0.05) is 44.2 Å². The first-order chi connectivity index (χ1) is 12.1. The van der Waals surface area contributed by atoms with Gasteiger partial charge in [-0.05, 0) is 44.8 Å². The second-order valence-corrected chi connectivity index (χ2v) is 6.80. The van der Waals surface area contributed by atoms with Gasteiger partial charge in [0.15, 0.2) is 5.96 Å². The van der Waals surface area contributed by atoms with Gasteiger partial charge in [-0.25, -0.2) is 0 Å². The van der Waals surface area contributed by atoms with E-state index < -0.39 is 5.60 Å². The highest BCUT2D eigenvalue weighted by molar-refractivity contribution is 14.0. The van der Waals surface area contributed by atoms with Crippen molar-refractivity contribution in [2.45, 2.75) is 51.7 Å². The summed E-state index contributed by atoms with van der Waals surface area (Å²) < 4.78 is 0. The highest BCUT2D eigenvalue weighted by Gasteiger charge is 2.34. The molecule has 5 nitrogen and oxygen atoms in total. The first-order valence-electron chi connectivity index (χ1n) is 9.65. The summed E-state index contributed by atoms with van der Waals surface area (Å²) in [6, 6.07) is 10.9. The van der Waals surface area contributed by atoms with Crippen molar-refractivity contribution in [3.63, 3.8) is 0 Å². The Kier molecular flexibility index (Phi) is 10.5. The molecule has 0 aromatic heterocycles. The largest absolute Gasteiger partial charge is 0.388 e. The van der Waals surface area contributed by atoms with Crippen LogP contribution in [0.15, 0.2) is 35.3 Å². The van der Waals surface area contributed by atoms with Crippen molar-refractivity contribution in [3.8, 4) is 0 Å². The van der Waals surface area contributed by atoms with Crippen LogP contribution in [0.5, 0.6) is 0 Å². The maximum absolute atomic E-state index is 10.3. The van der Waals surface area contributed by atoms with Crippen molar-refractivity contribution in [2.24, 2.45) is 4.99 Å². The lowest BCUT2D eigenvalue weighted by Gasteiger charge is -2.35. The average Bonchev–Trinajstić information content (AvgIpc) is 2.62. The summed E-state index contributed by atoms with van der Waals surface area (Å²) in [4.78, 5) is 7.06. The summed E-state index contributed by atoms with van der Waals surface area (Å²) in [6.07, 6.45) is 2.83. The van der Waals surface area contributed by atoms with Crippen LogP contribution in [0.1, 0.15) is 51.6 Å². The Labute approximate surface area is 175 Å². The van der Waals surface area contributed by atoms with Crippen molar-refractivity contribution in [1.29, 1.82) is 0 Å². The summed E-state index contributed by atoms with van der Waals surface area (Å²) >= 11 is 0. The number of likely N-dealkylation sites (N-methyl/N-ethyl adjacent to an activating group) is 1. The predicted octanol–water partition coefficient (Wildman–Crippen LogP) is 3.16. The minimum Gasteiger partial charge on any atom is -0.388 e. The van der Waals surface area contributed by atoms with Gasteiger partial charge >= 0.3 is 0 Å². The van der Waals surface area contributed by atoms with Crippen molar-refractivity contribution in [2.75, 3.05) is 32.7 Å². The van der Waals surface area contributed by atoms with Gasteiger partial charge in [-0.15, -0.1) is 24.0 Å². The van der Waals surface area contributed by atoms with Crippen LogP contribution in [0.25, 0.3) is 0 Å². The van der Waals surface area contributed by atoms with E-state index in [-0.39, 0.29) is 24.0 Å². The maximum Gasteiger partial charge on any atom is 0.191 e. The number of hydrogen-bond donors (Lipinski definition) is 3. The molecular weight excluding hydrogens is 439 g/mol. The number of halogens is 1. The molecule has 1 aromatic rings. The van der Waals surface area contributed by atoms with Crippen molar-refractivity contribution in [1.82, 2.24) is 15.5 Å². The lowest BCUT2D eigenvalue weighted by atomic mass is 9.80. The molecule has 1 atom stereocenters. The minimum absolute atomic E-state index is 0. The third kappa shape index (κ3) is 6.70. The molecule has 1 aliphatic carbocycles. The fourth-order valence-corrected chi connectivity index (χ4v) is 3.30. The Bertz CT molecular complexity index is 530. The predicted molar refractivity (Wildman–Crippen MR) is 120 cm³/mol. The van der Waals surface area contributed by atoms with Crippen LogP contribution in [0.4, 0.5) is 0 Å². The molecule has 3 N–H and O–H groups in total. The third-order valence-electron chi connectivity index (χ3n) is 5.06. The van der Waals surface area contributed by atoms with E-state index in [1.807, 2.05) is 0 Å². The monoisotopic (exact) mass is 474 g/mol. The topological polar surface area (TPSA) is 59.9 Å². The van der Waals surface area contributed by atoms with E-state index >= 15 is 0 Å². The molecule has 1 saturated carbocycles. The third-order valence-corrected chi connectivity index (χ3v) is 5.06. The van der Waals surface area contributed by atoms with Crippen LogP contribution in [0.3, 0.4) is 0 Å². The quantitative estimate of drug-likeness (QED) is 0.293. The molecule has 26 heavy (non-hydrogen) atoms. The zero-order valence-corrected chi connectivity index (χ0v) is 18.7. The van der Waals surface area contributed by atoms with Crippen LogP contribution in [0.2, 0.25) is 0 Å². The SMILES string of the molecule is CCNC(=NCC1(O)CCC1)NCC(c1ccccc1)N(CC)CC.I. The number of hydrogen-bond acceptors (Lipinski definition) is 3. The van der Waals surface area contributed by atoms with E-state index in [9.17, 15) is 5.11 Å². The Hall–Kier alpha value is -0.860. The summed E-state index contributed by atoms with van der Waals surface area (Å²) in [5.41, 5.74) is 0.729.